The standard InChI is InChI=1S/C12H8FNO4/c13-7-3-1-6(2-4-7)9-8(11(15)16)5-14-10(9)12(17)18/h1-5,14H,(H,15,16)(H,17,18). The molecule has 0 aliphatic heterocycles. The first-order chi connectivity index (χ1) is 8.50. The zero-order valence-electron chi connectivity index (χ0n) is 8.98. The summed E-state index contributed by atoms with van der Waals surface area (Å²) in [5.74, 6) is -3.01. The molecule has 0 amide bonds. The second kappa shape index (κ2) is 4.33. The topological polar surface area (TPSA) is 90.4 Å². The van der Waals surface area contributed by atoms with Crippen LogP contribution in [0.5, 0.6) is 0 Å². The minimum absolute atomic E-state index is 0.0370. The Morgan fingerprint density at radius 2 is 1.67 bits per heavy atom. The van der Waals surface area contributed by atoms with Gasteiger partial charge in [0.2, 0.25) is 0 Å². The van der Waals surface area contributed by atoms with Gasteiger partial charge in [0.15, 0.2) is 0 Å². The van der Waals surface area contributed by atoms with Gasteiger partial charge in [-0.05, 0) is 17.7 Å². The van der Waals surface area contributed by atoms with Crippen LogP contribution in [0.3, 0.4) is 0 Å². The number of benzene rings is 1. The Balaban J connectivity index is 2.66. The van der Waals surface area contributed by atoms with Crippen molar-refractivity contribution < 1.29 is 24.2 Å². The van der Waals surface area contributed by atoms with Crippen LogP contribution in [-0.2, 0) is 0 Å². The lowest BCUT2D eigenvalue weighted by molar-refractivity contribution is 0.0688. The summed E-state index contributed by atoms with van der Waals surface area (Å²) in [4.78, 5) is 24.4. The molecule has 6 heteroatoms. The summed E-state index contributed by atoms with van der Waals surface area (Å²) < 4.78 is 12.8. The number of carbonyl (C=O) groups is 2. The summed E-state index contributed by atoms with van der Waals surface area (Å²) in [5.41, 5.74) is -0.0412. The van der Waals surface area contributed by atoms with E-state index in [4.69, 9.17) is 10.2 Å². The summed E-state index contributed by atoms with van der Waals surface area (Å²) in [6.07, 6.45) is 1.10. The molecule has 0 radical (unpaired) electrons. The Hall–Kier alpha value is -2.63. The van der Waals surface area contributed by atoms with Crippen molar-refractivity contribution in [2.24, 2.45) is 0 Å². The molecule has 1 heterocycles. The minimum atomic E-state index is -1.28. The Kier molecular flexibility index (Phi) is 2.85. The zero-order valence-corrected chi connectivity index (χ0v) is 8.98. The first-order valence-corrected chi connectivity index (χ1v) is 4.94. The molecule has 0 aliphatic carbocycles. The van der Waals surface area contributed by atoms with Gasteiger partial charge in [0, 0.05) is 11.8 Å². The molecule has 0 aliphatic rings. The predicted octanol–water partition coefficient (Wildman–Crippen LogP) is 2.22. The van der Waals surface area contributed by atoms with E-state index in [1.807, 2.05) is 0 Å². The van der Waals surface area contributed by atoms with E-state index < -0.39 is 17.8 Å². The number of aromatic amines is 1. The van der Waals surface area contributed by atoms with Crippen LogP contribution in [0.1, 0.15) is 20.8 Å². The van der Waals surface area contributed by atoms with Gasteiger partial charge in [-0.15, -0.1) is 0 Å². The Morgan fingerprint density at radius 3 is 2.17 bits per heavy atom. The van der Waals surface area contributed by atoms with Crippen LogP contribution < -0.4 is 0 Å². The summed E-state index contributed by atoms with van der Waals surface area (Å²) >= 11 is 0. The Morgan fingerprint density at radius 1 is 1.06 bits per heavy atom. The number of rotatable bonds is 3. The number of hydrogen-bond acceptors (Lipinski definition) is 2. The molecule has 0 spiro atoms. The van der Waals surface area contributed by atoms with E-state index in [0.29, 0.717) is 5.56 Å². The van der Waals surface area contributed by atoms with Gasteiger partial charge in [0.05, 0.1) is 5.56 Å². The van der Waals surface area contributed by atoms with Crippen LogP contribution in [-0.4, -0.2) is 27.1 Å². The Labute approximate surface area is 101 Å². The fourth-order valence-electron chi connectivity index (χ4n) is 1.68. The van der Waals surface area contributed by atoms with Crippen molar-refractivity contribution in [3.63, 3.8) is 0 Å². The van der Waals surface area contributed by atoms with Crippen LogP contribution in [0, 0.1) is 5.82 Å². The van der Waals surface area contributed by atoms with E-state index in [1.54, 1.807) is 0 Å². The van der Waals surface area contributed by atoms with Crippen molar-refractivity contribution in [3.8, 4) is 11.1 Å². The average molecular weight is 249 g/mol. The van der Waals surface area contributed by atoms with E-state index >= 15 is 0 Å². The molecule has 0 unspecified atom stereocenters. The smallest absolute Gasteiger partial charge is 0.352 e. The first-order valence-electron chi connectivity index (χ1n) is 4.94. The maximum atomic E-state index is 12.8. The van der Waals surface area contributed by atoms with E-state index in [9.17, 15) is 14.0 Å². The number of halogens is 1. The van der Waals surface area contributed by atoms with Crippen molar-refractivity contribution in [1.82, 2.24) is 4.98 Å². The second-order valence-electron chi connectivity index (χ2n) is 3.57. The van der Waals surface area contributed by atoms with Crippen molar-refractivity contribution in [3.05, 3.63) is 47.5 Å². The fraction of sp³-hybridized carbons (Fsp3) is 0. The zero-order chi connectivity index (χ0) is 13.3. The number of H-pyrrole nitrogens is 1. The average Bonchev–Trinajstić information content (AvgIpc) is 2.74. The third-order valence-electron chi connectivity index (χ3n) is 2.46. The van der Waals surface area contributed by atoms with Gasteiger partial charge >= 0.3 is 11.9 Å². The number of nitrogens with one attached hydrogen (secondary N) is 1. The van der Waals surface area contributed by atoms with E-state index in [0.717, 1.165) is 18.3 Å². The molecule has 5 nitrogen and oxygen atoms in total. The molecule has 0 bridgehead atoms. The summed E-state index contributed by atoms with van der Waals surface area (Å²) in [6, 6.07) is 4.94. The molecule has 0 saturated carbocycles. The molecule has 92 valence electrons. The molecule has 2 rings (SSSR count). The van der Waals surface area contributed by atoms with E-state index in [2.05, 4.69) is 4.98 Å². The second-order valence-corrected chi connectivity index (χ2v) is 3.57. The lowest BCUT2D eigenvalue weighted by Crippen LogP contribution is -2.02. The normalized spacial score (nSPS) is 10.3. The third-order valence-corrected chi connectivity index (χ3v) is 2.46. The van der Waals surface area contributed by atoms with Gasteiger partial charge in [-0.1, -0.05) is 12.1 Å². The number of carboxylic acid groups (broad SMARTS) is 2. The lowest BCUT2D eigenvalue weighted by atomic mass is 10.0. The summed E-state index contributed by atoms with van der Waals surface area (Å²) in [6.45, 7) is 0. The highest BCUT2D eigenvalue weighted by atomic mass is 19.1. The Bertz CT molecular complexity index is 584. The van der Waals surface area contributed by atoms with Gasteiger partial charge in [-0.2, -0.15) is 0 Å². The highest BCUT2D eigenvalue weighted by Gasteiger charge is 2.22. The van der Waals surface area contributed by atoms with Crippen LogP contribution >= 0.6 is 0 Å². The van der Waals surface area contributed by atoms with Crippen molar-refractivity contribution >= 4 is 11.9 Å². The van der Waals surface area contributed by atoms with Gasteiger partial charge in [-0.3, -0.25) is 0 Å². The summed E-state index contributed by atoms with van der Waals surface area (Å²) in [7, 11) is 0. The number of hydrogen-bond donors (Lipinski definition) is 3. The molecule has 3 N–H and O–H groups in total. The van der Waals surface area contributed by atoms with Crippen LogP contribution in [0.25, 0.3) is 11.1 Å². The van der Waals surface area contributed by atoms with Crippen molar-refractivity contribution in [2.45, 2.75) is 0 Å². The SMILES string of the molecule is O=C(O)c1c[nH]c(C(=O)O)c1-c1ccc(F)cc1. The lowest BCUT2D eigenvalue weighted by Gasteiger charge is -2.03. The third kappa shape index (κ3) is 1.95. The van der Waals surface area contributed by atoms with Crippen LogP contribution in [0.15, 0.2) is 30.5 Å². The molecule has 0 saturated heterocycles. The monoisotopic (exact) mass is 249 g/mol. The maximum absolute atomic E-state index is 12.8. The van der Waals surface area contributed by atoms with Gasteiger partial charge in [-0.25, -0.2) is 14.0 Å². The van der Waals surface area contributed by atoms with Gasteiger partial charge < -0.3 is 15.2 Å². The van der Waals surface area contributed by atoms with Gasteiger partial charge in [0.1, 0.15) is 11.5 Å². The minimum Gasteiger partial charge on any atom is -0.478 e. The number of aromatic carboxylic acids is 2. The predicted molar refractivity (Wildman–Crippen MR) is 60.1 cm³/mol. The molecular formula is C12H8FNO4. The molecule has 1 aromatic heterocycles. The van der Waals surface area contributed by atoms with E-state index in [-0.39, 0.29) is 16.8 Å². The molecule has 1 aromatic carbocycles. The highest BCUT2D eigenvalue weighted by molar-refractivity contribution is 6.04. The molecule has 2 aromatic rings. The largest absolute Gasteiger partial charge is 0.478 e. The molecular weight excluding hydrogens is 241 g/mol. The van der Waals surface area contributed by atoms with E-state index in [1.165, 1.54) is 12.1 Å². The van der Waals surface area contributed by atoms with Crippen LogP contribution in [0.2, 0.25) is 0 Å². The molecule has 0 fully saturated rings. The highest BCUT2D eigenvalue weighted by Crippen LogP contribution is 2.28. The molecule has 0 atom stereocenters. The van der Waals surface area contributed by atoms with Crippen molar-refractivity contribution in [1.29, 1.82) is 0 Å². The first kappa shape index (κ1) is 11.8. The maximum Gasteiger partial charge on any atom is 0.352 e. The molecule has 18 heavy (non-hydrogen) atoms. The number of aromatic nitrogens is 1. The quantitative estimate of drug-likeness (QED) is 0.777. The van der Waals surface area contributed by atoms with Gasteiger partial charge in [0.25, 0.3) is 0 Å². The van der Waals surface area contributed by atoms with Crippen molar-refractivity contribution in [2.75, 3.05) is 0 Å². The summed E-state index contributed by atoms with van der Waals surface area (Å²) in [5, 5.41) is 18.0. The number of carboxylic acids is 2. The fourth-order valence-corrected chi connectivity index (χ4v) is 1.68. The van der Waals surface area contributed by atoms with Crippen LogP contribution in [0.4, 0.5) is 4.39 Å².